The molecule has 2 N–H and O–H groups in total. The van der Waals surface area contributed by atoms with Crippen LogP contribution in [0.2, 0.25) is 0 Å². The first-order valence-electron chi connectivity index (χ1n) is 4.72. The standard InChI is InChI=1S/C10H9NO6S/c1-16-8-3-2-6(4-9(8)18(13,14)15)10-7(12)5-17-11-10/h2-5,12H,1H3,(H,13,14,15). The highest BCUT2D eigenvalue weighted by Gasteiger charge is 2.19. The molecule has 96 valence electrons. The van der Waals surface area contributed by atoms with Gasteiger partial charge in [-0.15, -0.1) is 0 Å². The molecule has 1 heterocycles. The van der Waals surface area contributed by atoms with Gasteiger partial charge in [0.25, 0.3) is 10.1 Å². The van der Waals surface area contributed by atoms with Crippen molar-refractivity contribution >= 4 is 10.1 Å². The van der Waals surface area contributed by atoms with Gasteiger partial charge in [-0.3, -0.25) is 4.55 Å². The summed E-state index contributed by atoms with van der Waals surface area (Å²) in [5.41, 5.74) is 0.345. The van der Waals surface area contributed by atoms with E-state index in [9.17, 15) is 13.5 Å². The first-order chi connectivity index (χ1) is 8.43. The van der Waals surface area contributed by atoms with Crippen LogP contribution in [0.15, 0.2) is 33.9 Å². The molecule has 0 spiro atoms. The second kappa shape index (κ2) is 4.31. The smallest absolute Gasteiger partial charge is 0.298 e. The first-order valence-corrected chi connectivity index (χ1v) is 6.16. The van der Waals surface area contributed by atoms with Crippen LogP contribution >= 0.6 is 0 Å². The van der Waals surface area contributed by atoms with Crippen LogP contribution in [0.25, 0.3) is 11.3 Å². The third-order valence-electron chi connectivity index (χ3n) is 2.27. The molecule has 0 saturated carbocycles. The number of rotatable bonds is 3. The molecule has 0 aliphatic rings. The van der Waals surface area contributed by atoms with Crippen molar-refractivity contribution in [2.75, 3.05) is 7.11 Å². The maximum absolute atomic E-state index is 11.2. The minimum atomic E-state index is -4.44. The summed E-state index contributed by atoms with van der Waals surface area (Å²) in [5.74, 6) is -0.245. The van der Waals surface area contributed by atoms with Crippen molar-refractivity contribution in [2.24, 2.45) is 0 Å². The monoisotopic (exact) mass is 271 g/mol. The zero-order chi connectivity index (χ0) is 13.3. The second-order valence-corrected chi connectivity index (χ2v) is 4.78. The molecule has 0 radical (unpaired) electrons. The molecule has 2 aromatic rings. The highest BCUT2D eigenvalue weighted by molar-refractivity contribution is 7.86. The van der Waals surface area contributed by atoms with E-state index < -0.39 is 15.0 Å². The van der Waals surface area contributed by atoms with E-state index >= 15 is 0 Å². The molecule has 8 heteroatoms. The fourth-order valence-electron chi connectivity index (χ4n) is 1.46. The molecule has 1 aromatic heterocycles. The number of aromatic nitrogens is 1. The van der Waals surface area contributed by atoms with Crippen molar-refractivity contribution in [3.63, 3.8) is 0 Å². The van der Waals surface area contributed by atoms with E-state index in [1.165, 1.54) is 19.2 Å². The number of hydrogen-bond acceptors (Lipinski definition) is 6. The van der Waals surface area contributed by atoms with Gasteiger partial charge in [-0.1, -0.05) is 5.16 Å². The van der Waals surface area contributed by atoms with Crippen molar-refractivity contribution in [3.05, 3.63) is 24.5 Å². The summed E-state index contributed by atoms with van der Waals surface area (Å²) in [6.07, 6.45) is 1.01. The Morgan fingerprint density at radius 3 is 2.61 bits per heavy atom. The average molecular weight is 271 g/mol. The summed E-state index contributed by atoms with van der Waals surface area (Å²) < 4.78 is 40.8. The first kappa shape index (κ1) is 12.4. The maximum atomic E-state index is 11.2. The molecule has 1 aromatic carbocycles. The molecule has 0 atom stereocenters. The Morgan fingerprint density at radius 2 is 2.11 bits per heavy atom. The van der Waals surface area contributed by atoms with Gasteiger partial charge in [0, 0.05) is 5.56 Å². The molecular formula is C10H9NO6S. The van der Waals surface area contributed by atoms with E-state index in [4.69, 9.17) is 9.29 Å². The normalized spacial score (nSPS) is 11.4. The summed E-state index contributed by atoms with van der Waals surface area (Å²) >= 11 is 0. The summed E-state index contributed by atoms with van der Waals surface area (Å²) in [5, 5.41) is 12.9. The van der Waals surface area contributed by atoms with Crippen LogP contribution in [0.4, 0.5) is 0 Å². The van der Waals surface area contributed by atoms with Crippen LogP contribution < -0.4 is 4.74 Å². The number of aromatic hydroxyl groups is 1. The van der Waals surface area contributed by atoms with Crippen LogP contribution in [-0.4, -0.2) is 30.3 Å². The van der Waals surface area contributed by atoms with E-state index in [1.807, 2.05) is 0 Å². The van der Waals surface area contributed by atoms with Gasteiger partial charge in [0.2, 0.25) is 0 Å². The maximum Gasteiger partial charge on any atom is 0.298 e. The predicted molar refractivity (Wildman–Crippen MR) is 60.0 cm³/mol. The Hall–Kier alpha value is -2.06. The molecule has 18 heavy (non-hydrogen) atoms. The quantitative estimate of drug-likeness (QED) is 0.809. The van der Waals surface area contributed by atoms with Crippen LogP contribution in [-0.2, 0) is 10.1 Å². The fourth-order valence-corrected chi connectivity index (χ4v) is 2.14. The highest BCUT2D eigenvalue weighted by Crippen LogP contribution is 2.32. The van der Waals surface area contributed by atoms with E-state index in [2.05, 4.69) is 9.68 Å². The average Bonchev–Trinajstić information content (AvgIpc) is 2.73. The van der Waals surface area contributed by atoms with Crippen molar-refractivity contribution in [2.45, 2.75) is 4.90 Å². The molecule has 0 unspecified atom stereocenters. The summed E-state index contributed by atoms with van der Waals surface area (Å²) in [4.78, 5) is -0.412. The lowest BCUT2D eigenvalue weighted by atomic mass is 10.1. The lowest BCUT2D eigenvalue weighted by Gasteiger charge is -2.07. The van der Waals surface area contributed by atoms with E-state index in [0.29, 0.717) is 0 Å². The molecule has 0 amide bonds. The van der Waals surface area contributed by atoms with E-state index in [1.54, 1.807) is 0 Å². The number of hydrogen-bond donors (Lipinski definition) is 2. The van der Waals surface area contributed by atoms with Crippen LogP contribution in [0, 0.1) is 0 Å². The summed E-state index contributed by atoms with van der Waals surface area (Å²) in [6.45, 7) is 0. The highest BCUT2D eigenvalue weighted by atomic mass is 32.2. The van der Waals surface area contributed by atoms with Crippen LogP contribution in [0.5, 0.6) is 11.5 Å². The Kier molecular flexibility index (Phi) is 2.97. The van der Waals surface area contributed by atoms with E-state index in [0.717, 1.165) is 12.3 Å². The van der Waals surface area contributed by atoms with Gasteiger partial charge in [-0.2, -0.15) is 8.42 Å². The van der Waals surface area contributed by atoms with Gasteiger partial charge in [-0.05, 0) is 18.2 Å². The molecule has 0 fully saturated rings. The SMILES string of the molecule is COc1ccc(-c2nocc2O)cc1S(=O)(=O)O. The van der Waals surface area contributed by atoms with Gasteiger partial charge in [-0.25, -0.2) is 0 Å². The molecule has 7 nitrogen and oxygen atoms in total. The van der Waals surface area contributed by atoms with Crippen molar-refractivity contribution in [1.29, 1.82) is 0 Å². The minimum absolute atomic E-state index is 0.00997. The zero-order valence-electron chi connectivity index (χ0n) is 9.19. The van der Waals surface area contributed by atoms with Gasteiger partial charge in [0.05, 0.1) is 7.11 Å². The molecule has 0 aliphatic heterocycles. The molecule has 0 aliphatic carbocycles. The molecule has 0 saturated heterocycles. The van der Waals surface area contributed by atoms with Crippen LogP contribution in [0.3, 0.4) is 0 Å². The largest absolute Gasteiger partial charge is 0.503 e. The number of ether oxygens (including phenoxy) is 1. The number of benzene rings is 1. The number of nitrogens with zero attached hydrogens (tertiary/aromatic N) is 1. The Labute approximate surface area is 102 Å². The van der Waals surface area contributed by atoms with Gasteiger partial charge < -0.3 is 14.4 Å². The Bertz CT molecular complexity index is 675. The Morgan fingerprint density at radius 1 is 1.39 bits per heavy atom. The number of methoxy groups -OCH3 is 1. The van der Waals surface area contributed by atoms with Crippen molar-refractivity contribution in [1.82, 2.24) is 5.16 Å². The van der Waals surface area contributed by atoms with Crippen LogP contribution in [0.1, 0.15) is 0 Å². The van der Waals surface area contributed by atoms with Crippen molar-refractivity contribution in [3.8, 4) is 22.8 Å². The van der Waals surface area contributed by atoms with Gasteiger partial charge in [0.15, 0.2) is 17.7 Å². The second-order valence-electron chi connectivity index (χ2n) is 3.39. The van der Waals surface area contributed by atoms with Gasteiger partial charge >= 0.3 is 0 Å². The Balaban J connectivity index is 2.64. The molecule has 0 bridgehead atoms. The lowest BCUT2D eigenvalue weighted by Crippen LogP contribution is -2.01. The lowest BCUT2D eigenvalue weighted by molar-refractivity contribution is 0.397. The third kappa shape index (κ3) is 2.15. The third-order valence-corrected chi connectivity index (χ3v) is 3.14. The minimum Gasteiger partial charge on any atom is -0.503 e. The molecular weight excluding hydrogens is 262 g/mol. The van der Waals surface area contributed by atoms with Gasteiger partial charge in [0.1, 0.15) is 10.6 Å². The molecule has 2 rings (SSSR count). The van der Waals surface area contributed by atoms with E-state index in [-0.39, 0.29) is 22.8 Å². The predicted octanol–water partition coefficient (Wildman–Crippen LogP) is 1.30. The topological polar surface area (TPSA) is 110 Å². The zero-order valence-corrected chi connectivity index (χ0v) is 10.0. The fraction of sp³-hybridized carbons (Fsp3) is 0.100. The van der Waals surface area contributed by atoms with Crippen molar-refractivity contribution < 1.29 is 27.3 Å². The summed E-state index contributed by atoms with van der Waals surface area (Å²) in [6, 6.07) is 3.95. The summed E-state index contributed by atoms with van der Waals surface area (Å²) in [7, 11) is -3.16.